The molecule has 9 heteroatoms. The van der Waals surface area contributed by atoms with Crippen LogP contribution in [0.15, 0.2) is 26.4 Å². The normalized spacial score (nSPS) is 12.7. The van der Waals surface area contributed by atoms with Crippen molar-refractivity contribution in [2.45, 2.75) is 38.9 Å². The second kappa shape index (κ2) is 5.39. The van der Waals surface area contributed by atoms with Crippen molar-refractivity contribution in [2.24, 2.45) is 7.05 Å². The molecule has 0 saturated heterocycles. The minimum absolute atomic E-state index is 0.00607. The Morgan fingerprint density at radius 1 is 1.22 bits per heavy atom. The van der Waals surface area contributed by atoms with Gasteiger partial charge in [0.2, 0.25) is 5.89 Å². The number of halogens is 3. The van der Waals surface area contributed by atoms with Crippen molar-refractivity contribution in [3.63, 3.8) is 0 Å². The molecule has 0 fully saturated rings. The van der Waals surface area contributed by atoms with Gasteiger partial charge in [-0.2, -0.15) is 13.2 Å². The van der Waals surface area contributed by atoms with Crippen molar-refractivity contribution in [1.82, 2.24) is 14.1 Å². The van der Waals surface area contributed by atoms with Gasteiger partial charge < -0.3 is 8.98 Å². The largest absolute Gasteiger partial charge is 0.443 e. The lowest BCUT2D eigenvalue weighted by Crippen LogP contribution is -2.42. The van der Waals surface area contributed by atoms with E-state index in [0.29, 0.717) is 21.1 Å². The van der Waals surface area contributed by atoms with E-state index in [4.69, 9.17) is 4.42 Å². The summed E-state index contributed by atoms with van der Waals surface area (Å²) in [7, 11) is 1.14. The minimum atomic E-state index is -4.85. The molecule has 0 aliphatic rings. The quantitative estimate of drug-likeness (QED) is 0.843. The topological polar surface area (TPSA) is 70.0 Å². The Morgan fingerprint density at radius 3 is 2.30 bits per heavy atom. The number of rotatable bonds is 2. The molecule has 2 heterocycles. The second-order valence-electron chi connectivity index (χ2n) is 6.19. The Kier molecular flexibility index (Phi) is 4.00. The molecule has 126 valence electrons. The zero-order valence-electron chi connectivity index (χ0n) is 13.1. The molecule has 2 aromatic rings. The van der Waals surface area contributed by atoms with Crippen LogP contribution in [0, 0.1) is 0 Å². The third-order valence-electron chi connectivity index (χ3n) is 3.22. The number of oxazole rings is 1. The molecule has 0 radical (unpaired) electrons. The van der Waals surface area contributed by atoms with Crippen LogP contribution in [-0.4, -0.2) is 14.1 Å². The predicted molar refractivity (Wildman–Crippen MR) is 75.3 cm³/mol. The molecule has 0 N–H and O–H groups in total. The SMILES string of the molecule is Cn1cc(C(F)(F)F)c(=O)n(Cc2ncc(C(C)(C)C)o2)c1=O. The molecule has 0 aromatic carbocycles. The molecule has 2 rings (SSSR count). The predicted octanol–water partition coefficient (Wildman–Crippen LogP) is 1.90. The van der Waals surface area contributed by atoms with Crippen LogP contribution in [-0.2, 0) is 25.2 Å². The fraction of sp³-hybridized carbons (Fsp3) is 0.500. The van der Waals surface area contributed by atoms with E-state index in [1.165, 1.54) is 6.20 Å². The standard InChI is InChI=1S/C14H16F3N3O3/c1-13(2,3)9-5-18-10(23-9)7-20-11(21)8(14(15,16)17)6-19(4)12(20)22/h5-6H,7H2,1-4H3. The van der Waals surface area contributed by atoms with E-state index in [-0.39, 0.29) is 11.3 Å². The van der Waals surface area contributed by atoms with Crippen molar-refractivity contribution >= 4 is 0 Å². The molecule has 0 bridgehead atoms. The van der Waals surface area contributed by atoms with Crippen LogP contribution in [0.3, 0.4) is 0 Å². The summed E-state index contributed by atoms with van der Waals surface area (Å²) in [5.74, 6) is 0.498. The van der Waals surface area contributed by atoms with E-state index in [1.54, 1.807) is 0 Å². The van der Waals surface area contributed by atoms with Crippen molar-refractivity contribution < 1.29 is 17.6 Å². The summed E-state index contributed by atoms with van der Waals surface area (Å²) in [5, 5.41) is 0. The number of alkyl halides is 3. The van der Waals surface area contributed by atoms with Crippen LogP contribution in [0.4, 0.5) is 13.2 Å². The van der Waals surface area contributed by atoms with Gasteiger partial charge in [-0.3, -0.25) is 9.36 Å². The van der Waals surface area contributed by atoms with Crippen molar-refractivity contribution in [3.05, 3.63) is 50.4 Å². The highest BCUT2D eigenvalue weighted by molar-refractivity contribution is 5.11. The summed E-state index contributed by atoms with van der Waals surface area (Å²) < 4.78 is 45.2. The lowest BCUT2D eigenvalue weighted by Gasteiger charge is -2.13. The summed E-state index contributed by atoms with van der Waals surface area (Å²) in [6, 6.07) is 0. The average molecular weight is 331 g/mol. The Morgan fingerprint density at radius 2 is 1.83 bits per heavy atom. The third kappa shape index (κ3) is 3.38. The van der Waals surface area contributed by atoms with Gasteiger partial charge in [-0.25, -0.2) is 9.78 Å². The van der Waals surface area contributed by atoms with Crippen LogP contribution in [0.5, 0.6) is 0 Å². The zero-order valence-corrected chi connectivity index (χ0v) is 13.1. The minimum Gasteiger partial charge on any atom is -0.443 e. The van der Waals surface area contributed by atoms with Gasteiger partial charge in [0.1, 0.15) is 17.9 Å². The van der Waals surface area contributed by atoms with Crippen molar-refractivity contribution in [1.29, 1.82) is 0 Å². The molecule has 6 nitrogen and oxygen atoms in total. The van der Waals surface area contributed by atoms with Crippen molar-refractivity contribution in [2.75, 3.05) is 0 Å². The first-order chi connectivity index (χ1) is 10.4. The lowest BCUT2D eigenvalue weighted by atomic mass is 9.94. The Bertz CT molecular complexity index is 838. The Balaban J connectivity index is 2.52. The molecule has 0 aliphatic heterocycles. The number of hydrogen-bond donors (Lipinski definition) is 0. The van der Waals surface area contributed by atoms with E-state index >= 15 is 0 Å². The van der Waals surface area contributed by atoms with Crippen LogP contribution >= 0.6 is 0 Å². The summed E-state index contributed by atoms with van der Waals surface area (Å²) in [6.07, 6.45) is -2.94. The van der Waals surface area contributed by atoms with E-state index in [2.05, 4.69) is 4.98 Å². The highest BCUT2D eigenvalue weighted by atomic mass is 19.4. The molecule has 0 atom stereocenters. The summed E-state index contributed by atoms with van der Waals surface area (Å²) in [4.78, 5) is 27.8. The molecule has 0 saturated carbocycles. The maximum absolute atomic E-state index is 12.9. The Hall–Kier alpha value is -2.32. The first-order valence-electron chi connectivity index (χ1n) is 6.74. The fourth-order valence-electron chi connectivity index (χ4n) is 1.93. The number of nitrogens with zero attached hydrogens (tertiary/aromatic N) is 3. The number of hydrogen-bond acceptors (Lipinski definition) is 4. The maximum atomic E-state index is 12.9. The number of aryl methyl sites for hydroxylation is 1. The van der Waals surface area contributed by atoms with Crippen LogP contribution < -0.4 is 11.2 Å². The summed E-state index contributed by atoms with van der Waals surface area (Å²) in [6.45, 7) is 5.14. The van der Waals surface area contributed by atoms with Crippen molar-refractivity contribution in [3.8, 4) is 0 Å². The fourth-order valence-corrected chi connectivity index (χ4v) is 1.93. The molecule has 0 spiro atoms. The van der Waals surface area contributed by atoms with E-state index < -0.39 is 29.5 Å². The molecule has 2 aromatic heterocycles. The van der Waals surface area contributed by atoms with E-state index in [1.807, 2.05) is 20.8 Å². The smallest absolute Gasteiger partial charge is 0.423 e. The average Bonchev–Trinajstić information content (AvgIpc) is 2.86. The lowest BCUT2D eigenvalue weighted by molar-refractivity contribution is -0.139. The maximum Gasteiger partial charge on any atom is 0.423 e. The van der Waals surface area contributed by atoms with Crippen LogP contribution in [0.2, 0.25) is 0 Å². The summed E-state index contributed by atoms with van der Waals surface area (Å²) in [5.41, 5.74) is -4.06. The van der Waals surface area contributed by atoms with Crippen LogP contribution in [0.25, 0.3) is 0 Å². The second-order valence-corrected chi connectivity index (χ2v) is 6.19. The summed E-state index contributed by atoms with van der Waals surface area (Å²) >= 11 is 0. The van der Waals surface area contributed by atoms with Gasteiger partial charge in [0.05, 0.1) is 6.20 Å². The zero-order chi connectivity index (χ0) is 17.6. The number of aromatic nitrogens is 3. The molecule has 0 amide bonds. The van der Waals surface area contributed by atoms with Gasteiger partial charge in [-0.15, -0.1) is 0 Å². The molecule has 0 unspecified atom stereocenters. The molecule has 23 heavy (non-hydrogen) atoms. The van der Waals surface area contributed by atoms with Gasteiger partial charge in [0, 0.05) is 18.7 Å². The Labute approximate surface area is 129 Å². The highest BCUT2D eigenvalue weighted by Crippen LogP contribution is 2.26. The molecule has 0 aliphatic carbocycles. The molecular weight excluding hydrogens is 315 g/mol. The van der Waals surface area contributed by atoms with Gasteiger partial charge in [0.25, 0.3) is 5.56 Å². The first kappa shape index (κ1) is 17.0. The highest BCUT2D eigenvalue weighted by Gasteiger charge is 2.36. The van der Waals surface area contributed by atoms with Gasteiger partial charge in [0.15, 0.2) is 0 Å². The van der Waals surface area contributed by atoms with E-state index in [9.17, 15) is 22.8 Å². The van der Waals surface area contributed by atoms with E-state index in [0.717, 1.165) is 7.05 Å². The monoisotopic (exact) mass is 331 g/mol. The third-order valence-corrected chi connectivity index (χ3v) is 3.22. The van der Waals surface area contributed by atoms with Crippen LogP contribution in [0.1, 0.15) is 38.0 Å². The van der Waals surface area contributed by atoms with Gasteiger partial charge >= 0.3 is 11.9 Å². The van der Waals surface area contributed by atoms with Gasteiger partial charge in [-0.05, 0) is 0 Å². The molecular formula is C14H16F3N3O3. The first-order valence-corrected chi connectivity index (χ1v) is 6.74. The van der Waals surface area contributed by atoms with Gasteiger partial charge in [-0.1, -0.05) is 20.8 Å².